The van der Waals surface area contributed by atoms with Crippen molar-refractivity contribution in [3.63, 3.8) is 0 Å². The number of piperidine rings is 1. The molecule has 0 radical (unpaired) electrons. The molecule has 2 heterocycles. The summed E-state index contributed by atoms with van der Waals surface area (Å²) in [5.41, 5.74) is 2.21. The molecule has 1 atom stereocenters. The highest BCUT2D eigenvalue weighted by Gasteiger charge is 2.31. The molecule has 26 heavy (non-hydrogen) atoms. The van der Waals surface area contributed by atoms with Crippen molar-refractivity contribution in [2.24, 2.45) is 0 Å². The van der Waals surface area contributed by atoms with Crippen LogP contribution in [0.5, 0.6) is 0 Å². The van der Waals surface area contributed by atoms with E-state index in [1.165, 1.54) is 24.8 Å². The van der Waals surface area contributed by atoms with Gasteiger partial charge in [-0.15, -0.1) is 0 Å². The van der Waals surface area contributed by atoms with Crippen molar-refractivity contribution in [1.29, 1.82) is 0 Å². The second-order valence-corrected chi connectivity index (χ2v) is 7.69. The third kappa shape index (κ3) is 3.70. The van der Waals surface area contributed by atoms with Crippen molar-refractivity contribution in [2.75, 3.05) is 38.0 Å². The minimum atomic E-state index is -0.0527. The molecular weight excluding hydrogens is 328 g/mol. The summed E-state index contributed by atoms with van der Waals surface area (Å²) < 4.78 is 0. The summed E-state index contributed by atoms with van der Waals surface area (Å²) in [4.78, 5) is 28.7. The lowest BCUT2D eigenvalue weighted by Gasteiger charge is -2.41. The van der Waals surface area contributed by atoms with Gasteiger partial charge >= 0.3 is 6.03 Å². The second-order valence-electron chi connectivity index (χ2n) is 7.69. The molecule has 0 bridgehead atoms. The molecule has 1 aliphatic carbocycles. The molecule has 2 aliphatic heterocycles. The monoisotopic (exact) mass is 356 g/mol. The minimum Gasteiger partial charge on any atom is -0.336 e. The molecule has 1 aromatic rings. The van der Waals surface area contributed by atoms with E-state index in [2.05, 4.69) is 22.8 Å². The summed E-state index contributed by atoms with van der Waals surface area (Å²) in [5, 5.41) is 6.17. The highest BCUT2D eigenvalue weighted by molar-refractivity contribution is 5.89. The van der Waals surface area contributed by atoms with Gasteiger partial charge < -0.3 is 20.4 Å². The van der Waals surface area contributed by atoms with Crippen LogP contribution in [0.25, 0.3) is 0 Å². The SMILES string of the molecule is O=C(Nc1cccc(C2CCC2)c1)N1CCCC(N2CCNCC2=O)C1. The van der Waals surface area contributed by atoms with Crippen LogP contribution in [-0.2, 0) is 4.79 Å². The number of carbonyl (C=O) groups excluding carboxylic acids is 2. The fourth-order valence-corrected chi connectivity index (χ4v) is 4.22. The average Bonchev–Trinajstić information content (AvgIpc) is 2.61. The van der Waals surface area contributed by atoms with Crippen LogP contribution in [0.2, 0.25) is 0 Å². The van der Waals surface area contributed by atoms with Crippen LogP contribution in [0.4, 0.5) is 10.5 Å². The van der Waals surface area contributed by atoms with Crippen molar-refractivity contribution >= 4 is 17.6 Å². The van der Waals surface area contributed by atoms with Crippen LogP contribution in [0.15, 0.2) is 24.3 Å². The second kappa shape index (κ2) is 7.66. The highest BCUT2D eigenvalue weighted by Crippen LogP contribution is 2.37. The summed E-state index contributed by atoms with van der Waals surface area (Å²) in [6.45, 7) is 3.37. The highest BCUT2D eigenvalue weighted by atomic mass is 16.2. The number of likely N-dealkylation sites (tertiary alicyclic amines) is 1. The quantitative estimate of drug-likeness (QED) is 0.874. The molecule has 6 heteroatoms. The smallest absolute Gasteiger partial charge is 0.321 e. The molecule has 4 rings (SSSR count). The number of piperazine rings is 1. The maximum absolute atomic E-state index is 12.7. The fraction of sp³-hybridized carbons (Fsp3) is 0.600. The van der Waals surface area contributed by atoms with E-state index >= 15 is 0 Å². The Labute approximate surface area is 154 Å². The first-order valence-corrected chi connectivity index (χ1v) is 9.87. The maximum Gasteiger partial charge on any atom is 0.321 e. The van der Waals surface area contributed by atoms with Gasteiger partial charge in [-0.2, -0.15) is 0 Å². The molecule has 2 saturated heterocycles. The third-order valence-electron chi connectivity index (χ3n) is 5.97. The van der Waals surface area contributed by atoms with Gasteiger partial charge in [0, 0.05) is 37.9 Å². The van der Waals surface area contributed by atoms with E-state index in [0.717, 1.165) is 38.2 Å². The number of benzene rings is 1. The first-order valence-electron chi connectivity index (χ1n) is 9.87. The van der Waals surface area contributed by atoms with Gasteiger partial charge in [-0.25, -0.2) is 4.79 Å². The lowest BCUT2D eigenvalue weighted by atomic mass is 9.80. The molecule has 0 spiro atoms. The molecule has 1 saturated carbocycles. The first kappa shape index (κ1) is 17.3. The molecular formula is C20H28N4O2. The molecule has 140 valence electrons. The van der Waals surface area contributed by atoms with Crippen LogP contribution in [-0.4, -0.2) is 60.5 Å². The Balaban J connectivity index is 1.37. The van der Waals surface area contributed by atoms with Crippen LogP contribution < -0.4 is 10.6 Å². The van der Waals surface area contributed by atoms with Gasteiger partial charge in [0.2, 0.25) is 5.91 Å². The van der Waals surface area contributed by atoms with Crippen molar-refractivity contribution in [2.45, 2.75) is 44.1 Å². The van der Waals surface area contributed by atoms with E-state index in [0.29, 0.717) is 19.0 Å². The predicted octanol–water partition coefficient (Wildman–Crippen LogP) is 2.38. The molecule has 1 unspecified atom stereocenters. The number of carbonyl (C=O) groups is 2. The summed E-state index contributed by atoms with van der Waals surface area (Å²) in [7, 11) is 0. The van der Waals surface area contributed by atoms with Gasteiger partial charge in [-0.3, -0.25) is 4.79 Å². The normalized spacial score (nSPS) is 24.3. The van der Waals surface area contributed by atoms with Crippen molar-refractivity contribution < 1.29 is 9.59 Å². The molecule has 3 aliphatic rings. The van der Waals surface area contributed by atoms with E-state index in [9.17, 15) is 9.59 Å². The van der Waals surface area contributed by atoms with Gasteiger partial charge in [-0.05, 0) is 49.3 Å². The fourth-order valence-electron chi connectivity index (χ4n) is 4.22. The van der Waals surface area contributed by atoms with E-state index < -0.39 is 0 Å². The van der Waals surface area contributed by atoms with Gasteiger partial charge in [0.05, 0.1) is 6.54 Å². The largest absolute Gasteiger partial charge is 0.336 e. The molecule has 1 aromatic carbocycles. The van der Waals surface area contributed by atoms with Crippen LogP contribution >= 0.6 is 0 Å². The Hall–Kier alpha value is -2.08. The molecule has 6 nitrogen and oxygen atoms in total. The number of amides is 3. The van der Waals surface area contributed by atoms with Crippen molar-refractivity contribution in [3.05, 3.63) is 29.8 Å². The van der Waals surface area contributed by atoms with Gasteiger partial charge in [0.1, 0.15) is 0 Å². The number of urea groups is 1. The Bertz CT molecular complexity index is 674. The van der Waals surface area contributed by atoms with Crippen LogP contribution in [0.1, 0.15) is 43.6 Å². The van der Waals surface area contributed by atoms with Gasteiger partial charge in [0.25, 0.3) is 0 Å². The lowest BCUT2D eigenvalue weighted by Crippen LogP contribution is -2.57. The zero-order valence-electron chi connectivity index (χ0n) is 15.2. The van der Waals surface area contributed by atoms with Crippen LogP contribution in [0, 0.1) is 0 Å². The Morgan fingerprint density at radius 2 is 2.04 bits per heavy atom. The molecule has 3 amide bonds. The number of nitrogens with zero attached hydrogens (tertiary/aromatic N) is 2. The number of rotatable bonds is 3. The number of anilines is 1. The van der Waals surface area contributed by atoms with Gasteiger partial charge in [-0.1, -0.05) is 18.6 Å². The Kier molecular flexibility index (Phi) is 5.11. The topological polar surface area (TPSA) is 64.7 Å². The van der Waals surface area contributed by atoms with Gasteiger partial charge in [0.15, 0.2) is 0 Å². The summed E-state index contributed by atoms with van der Waals surface area (Å²) in [6, 6.07) is 8.35. The summed E-state index contributed by atoms with van der Waals surface area (Å²) in [6.07, 6.45) is 5.74. The molecule has 2 N–H and O–H groups in total. The molecule has 3 fully saturated rings. The Morgan fingerprint density at radius 1 is 1.15 bits per heavy atom. The van der Waals surface area contributed by atoms with E-state index in [1.54, 1.807) is 0 Å². The van der Waals surface area contributed by atoms with Crippen LogP contribution in [0.3, 0.4) is 0 Å². The average molecular weight is 356 g/mol. The van der Waals surface area contributed by atoms with Crippen molar-refractivity contribution in [3.8, 4) is 0 Å². The maximum atomic E-state index is 12.7. The van der Waals surface area contributed by atoms with E-state index in [-0.39, 0.29) is 18.0 Å². The molecule has 0 aromatic heterocycles. The van der Waals surface area contributed by atoms with Crippen molar-refractivity contribution in [1.82, 2.24) is 15.1 Å². The first-order chi connectivity index (χ1) is 12.7. The zero-order chi connectivity index (χ0) is 17.9. The zero-order valence-corrected chi connectivity index (χ0v) is 15.2. The third-order valence-corrected chi connectivity index (χ3v) is 5.97. The Morgan fingerprint density at radius 3 is 2.81 bits per heavy atom. The van der Waals surface area contributed by atoms with E-state index in [1.807, 2.05) is 21.9 Å². The summed E-state index contributed by atoms with van der Waals surface area (Å²) in [5.74, 6) is 0.807. The van der Waals surface area contributed by atoms with E-state index in [4.69, 9.17) is 0 Å². The standard InChI is InChI=1S/C20H28N4O2/c25-19-13-21-9-11-24(19)18-8-3-10-23(14-18)20(26)22-17-7-2-6-16(12-17)15-4-1-5-15/h2,6-7,12,15,18,21H,1,3-5,8-11,13-14H2,(H,22,26). The predicted molar refractivity (Wildman–Crippen MR) is 101 cm³/mol. The number of hydrogen-bond acceptors (Lipinski definition) is 3. The number of hydrogen-bond donors (Lipinski definition) is 2. The minimum absolute atomic E-state index is 0.0527. The number of nitrogens with one attached hydrogen (secondary N) is 2. The lowest BCUT2D eigenvalue weighted by molar-refractivity contribution is -0.135. The summed E-state index contributed by atoms with van der Waals surface area (Å²) >= 11 is 0.